The summed E-state index contributed by atoms with van der Waals surface area (Å²) in [6, 6.07) is -0.566. The molecule has 8 nitrogen and oxygen atoms in total. The van der Waals surface area contributed by atoms with Gasteiger partial charge in [0.15, 0.2) is 6.61 Å². The van der Waals surface area contributed by atoms with Crippen LogP contribution in [0.15, 0.2) is 0 Å². The van der Waals surface area contributed by atoms with E-state index < -0.39 is 12.0 Å². The number of amides is 2. The fourth-order valence-corrected chi connectivity index (χ4v) is 7.78. The van der Waals surface area contributed by atoms with Gasteiger partial charge in [0.2, 0.25) is 5.91 Å². The Morgan fingerprint density at radius 1 is 0.848 bits per heavy atom. The normalized spacial score (nSPS) is 35.5. The predicted octanol–water partition coefficient (Wildman–Crippen LogP) is 2.15. The molecule has 0 aromatic rings. The fraction of sp³-hybridized carbons (Fsp3) is 0.840. The molecular formula is C25H36N2O6. The molecule has 182 valence electrons. The number of methoxy groups -OCH3 is 1. The average molecular weight is 461 g/mol. The summed E-state index contributed by atoms with van der Waals surface area (Å²) in [7, 11) is 1.37. The van der Waals surface area contributed by atoms with Gasteiger partial charge in [-0.05, 0) is 82.0 Å². The van der Waals surface area contributed by atoms with E-state index in [-0.39, 0.29) is 35.7 Å². The first-order valence-electron chi connectivity index (χ1n) is 12.7. The van der Waals surface area contributed by atoms with Crippen molar-refractivity contribution in [1.82, 2.24) is 9.80 Å². The maximum atomic E-state index is 13.7. The van der Waals surface area contributed by atoms with Gasteiger partial charge in [0.25, 0.3) is 5.91 Å². The molecule has 1 atom stereocenters. The zero-order valence-electron chi connectivity index (χ0n) is 19.6. The van der Waals surface area contributed by atoms with Crippen LogP contribution in [-0.2, 0) is 28.7 Å². The number of hydrogen-bond acceptors (Lipinski definition) is 6. The highest BCUT2D eigenvalue weighted by molar-refractivity contribution is 5.90. The number of rotatable bonds is 5. The van der Waals surface area contributed by atoms with Crippen molar-refractivity contribution in [2.75, 3.05) is 33.4 Å². The second-order valence-electron chi connectivity index (χ2n) is 11.1. The number of carbonyl (C=O) groups is 4. The van der Waals surface area contributed by atoms with Crippen LogP contribution in [0.2, 0.25) is 0 Å². The first kappa shape index (κ1) is 22.7. The van der Waals surface area contributed by atoms with Crippen LogP contribution in [0.5, 0.6) is 0 Å². The fourth-order valence-electron chi connectivity index (χ4n) is 7.78. The maximum Gasteiger partial charge on any atom is 0.329 e. The van der Waals surface area contributed by atoms with Gasteiger partial charge in [-0.25, -0.2) is 4.79 Å². The molecule has 2 amide bonds. The summed E-state index contributed by atoms with van der Waals surface area (Å²) in [5, 5.41) is 0. The minimum absolute atomic E-state index is 0.164. The minimum atomic E-state index is -0.566. The van der Waals surface area contributed by atoms with E-state index in [9.17, 15) is 19.2 Å². The quantitative estimate of drug-likeness (QED) is 0.584. The second kappa shape index (κ2) is 8.91. The number of carbonyl (C=O) groups excluding carboxylic acids is 4. The van der Waals surface area contributed by atoms with Gasteiger partial charge in [0.05, 0.1) is 18.4 Å². The van der Waals surface area contributed by atoms with Crippen LogP contribution in [0.3, 0.4) is 0 Å². The van der Waals surface area contributed by atoms with Crippen molar-refractivity contribution >= 4 is 23.8 Å². The highest BCUT2D eigenvalue weighted by Gasteiger charge is 2.57. The van der Waals surface area contributed by atoms with Crippen LogP contribution < -0.4 is 0 Å². The maximum absolute atomic E-state index is 13.7. The number of hydrogen-bond donors (Lipinski definition) is 0. The molecule has 0 radical (unpaired) electrons. The van der Waals surface area contributed by atoms with Crippen molar-refractivity contribution in [2.24, 2.45) is 29.1 Å². The van der Waals surface area contributed by atoms with Gasteiger partial charge in [0, 0.05) is 19.6 Å². The van der Waals surface area contributed by atoms with Crippen LogP contribution in [0.1, 0.15) is 64.2 Å². The van der Waals surface area contributed by atoms with E-state index >= 15 is 0 Å². The van der Waals surface area contributed by atoms with Gasteiger partial charge in [-0.3, -0.25) is 14.4 Å². The van der Waals surface area contributed by atoms with Crippen molar-refractivity contribution < 1.29 is 28.7 Å². The van der Waals surface area contributed by atoms with Gasteiger partial charge in [-0.1, -0.05) is 0 Å². The first-order chi connectivity index (χ1) is 15.9. The Morgan fingerprint density at radius 3 is 2.03 bits per heavy atom. The molecule has 0 N–H and O–H groups in total. The van der Waals surface area contributed by atoms with Crippen molar-refractivity contribution in [3.05, 3.63) is 0 Å². The summed E-state index contributed by atoms with van der Waals surface area (Å²) in [6.45, 7) is 1.21. The molecule has 0 aromatic carbocycles. The predicted molar refractivity (Wildman–Crippen MR) is 118 cm³/mol. The molecule has 0 spiro atoms. The van der Waals surface area contributed by atoms with Gasteiger partial charge < -0.3 is 19.3 Å². The highest BCUT2D eigenvalue weighted by Crippen LogP contribution is 2.60. The monoisotopic (exact) mass is 460 g/mol. The van der Waals surface area contributed by atoms with Crippen LogP contribution in [-0.4, -0.2) is 72.9 Å². The lowest BCUT2D eigenvalue weighted by Gasteiger charge is -2.56. The number of nitrogens with zero attached hydrogens (tertiary/aromatic N) is 2. The second-order valence-corrected chi connectivity index (χ2v) is 11.1. The zero-order valence-corrected chi connectivity index (χ0v) is 19.6. The molecule has 4 saturated carbocycles. The molecule has 33 heavy (non-hydrogen) atoms. The molecule has 4 aliphatic carbocycles. The third kappa shape index (κ3) is 4.26. The summed E-state index contributed by atoms with van der Waals surface area (Å²) in [4.78, 5) is 54.3. The Hall–Kier alpha value is -2.12. The average Bonchev–Trinajstić information content (AvgIpc) is 3.30. The molecule has 6 rings (SSSR count). The molecule has 1 unspecified atom stereocenters. The Morgan fingerprint density at radius 2 is 1.45 bits per heavy atom. The van der Waals surface area contributed by atoms with Crippen LogP contribution in [0, 0.1) is 29.1 Å². The summed E-state index contributed by atoms with van der Waals surface area (Å²) in [5.41, 5.74) is -0.266. The SMILES string of the molecule is COC(=O)C1CCN(C(=O)COC(=O)C2CCCN2C(=O)C23CC4CC(CC(C4)C2)C3)CC1. The Labute approximate surface area is 195 Å². The molecule has 0 aromatic heterocycles. The van der Waals surface area contributed by atoms with E-state index in [1.54, 1.807) is 9.80 Å². The molecular weight excluding hydrogens is 424 g/mol. The van der Waals surface area contributed by atoms with Gasteiger partial charge in [-0.2, -0.15) is 0 Å². The first-order valence-corrected chi connectivity index (χ1v) is 12.7. The van der Waals surface area contributed by atoms with Crippen molar-refractivity contribution in [2.45, 2.75) is 70.3 Å². The van der Waals surface area contributed by atoms with Gasteiger partial charge in [-0.15, -0.1) is 0 Å². The lowest BCUT2D eigenvalue weighted by Crippen LogP contribution is -2.56. The number of piperidine rings is 1. The van der Waals surface area contributed by atoms with E-state index in [2.05, 4.69) is 0 Å². The van der Waals surface area contributed by atoms with E-state index in [0.29, 0.717) is 56.7 Å². The molecule has 2 saturated heterocycles. The van der Waals surface area contributed by atoms with Crippen molar-refractivity contribution in [3.63, 3.8) is 0 Å². The van der Waals surface area contributed by atoms with Crippen molar-refractivity contribution in [3.8, 4) is 0 Å². The topological polar surface area (TPSA) is 93.2 Å². The number of esters is 2. The lowest BCUT2D eigenvalue weighted by molar-refractivity contribution is -0.167. The molecule has 2 heterocycles. The molecule has 6 aliphatic rings. The molecule has 2 aliphatic heterocycles. The number of ether oxygens (including phenoxy) is 2. The smallest absolute Gasteiger partial charge is 0.329 e. The van der Waals surface area contributed by atoms with Gasteiger partial charge >= 0.3 is 11.9 Å². The summed E-state index contributed by atoms with van der Waals surface area (Å²) in [5.74, 6) is 1.07. The molecule has 4 bridgehead atoms. The Kier molecular flexibility index (Phi) is 6.12. The van der Waals surface area contributed by atoms with E-state index in [1.165, 1.54) is 26.4 Å². The Balaban J connectivity index is 1.15. The summed E-state index contributed by atoms with van der Waals surface area (Å²) in [6.07, 6.45) is 9.29. The Bertz CT molecular complexity index is 782. The highest BCUT2D eigenvalue weighted by atomic mass is 16.5. The summed E-state index contributed by atoms with van der Waals surface area (Å²) >= 11 is 0. The number of likely N-dealkylation sites (tertiary alicyclic amines) is 2. The lowest BCUT2D eigenvalue weighted by atomic mass is 9.49. The zero-order chi connectivity index (χ0) is 23.2. The largest absolute Gasteiger partial charge is 0.469 e. The minimum Gasteiger partial charge on any atom is -0.469 e. The summed E-state index contributed by atoms with van der Waals surface area (Å²) < 4.78 is 10.2. The van der Waals surface area contributed by atoms with E-state index in [4.69, 9.17) is 9.47 Å². The van der Waals surface area contributed by atoms with Crippen LogP contribution in [0.4, 0.5) is 0 Å². The molecule has 8 heteroatoms. The third-order valence-electron chi connectivity index (χ3n) is 9.00. The van der Waals surface area contributed by atoms with E-state index in [1.807, 2.05) is 0 Å². The molecule has 6 fully saturated rings. The third-order valence-corrected chi connectivity index (χ3v) is 9.00. The van der Waals surface area contributed by atoms with Crippen molar-refractivity contribution in [1.29, 1.82) is 0 Å². The van der Waals surface area contributed by atoms with Crippen LogP contribution >= 0.6 is 0 Å². The standard InChI is InChI=1S/C25H36N2O6/c1-32-22(29)19-4-7-26(8-5-19)21(28)15-33-23(30)20-3-2-6-27(20)24(31)25-12-16-9-17(13-25)11-18(10-16)14-25/h16-20H,2-15H2,1H3. The van der Waals surface area contributed by atoms with Crippen LogP contribution in [0.25, 0.3) is 0 Å². The van der Waals surface area contributed by atoms with E-state index in [0.717, 1.165) is 25.7 Å². The van der Waals surface area contributed by atoms with Gasteiger partial charge in [0.1, 0.15) is 6.04 Å².